The maximum Gasteiger partial charge on any atom is 0.223 e. The molecule has 4 rings (SSSR count). The van der Waals surface area contributed by atoms with Crippen molar-refractivity contribution in [2.45, 2.75) is 12.8 Å². The van der Waals surface area contributed by atoms with E-state index in [1.165, 1.54) is 6.07 Å². The summed E-state index contributed by atoms with van der Waals surface area (Å²) in [6, 6.07) is 10.2. The molecule has 0 bridgehead atoms. The molecule has 8 nitrogen and oxygen atoms in total. The Labute approximate surface area is 174 Å². The number of halogens is 1. The summed E-state index contributed by atoms with van der Waals surface area (Å²) in [4.78, 5) is 16.6. The lowest BCUT2D eigenvalue weighted by Crippen LogP contribution is -2.42. The second-order valence-electron chi connectivity index (χ2n) is 7.82. The third-order valence-corrected chi connectivity index (χ3v) is 5.41. The molecule has 3 heterocycles. The number of amides is 1. The molecule has 0 atom stereocenters. The molecule has 0 aliphatic carbocycles. The van der Waals surface area contributed by atoms with E-state index in [2.05, 4.69) is 25.5 Å². The summed E-state index contributed by atoms with van der Waals surface area (Å²) in [5.41, 5.74) is 0.926. The van der Waals surface area contributed by atoms with Gasteiger partial charge in [-0.15, -0.1) is 15.3 Å². The average molecular weight is 411 g/mol. The Bertz CT molecular complexity index is 1030. The predicted molar refractivity (Wildman–Crippen MR) is 113 cm³/mol. The summed E-state index contributed by atoms with van der Waals surface area (Å²) < 4.78 is 15.8. The monoisotopic (exact) mass is 411 g/mol. The van der Waals surface area contributed by atoms with Gasteiger partial charge in [0.25, 0.3) is 0 Å². The lowest BCUT2D eigenvalue weighted by Gasteiger charge is -2.32. The fourth-order valence-corrected chi connectivity index (χ4v) is 3.68. The van der Waals surface area contributed by atoms with Crippen molar-refractivity contribution in [2.24, 2.45) is 5.92 Å². The van der Waals surface area contributed by atoms with Crippen LogP contribution in [0.15, 0.2) is 36.4 Å². The van der Waals surface area contributed by atoms with E-state index in [4.69, 9.17) is 0 Å². The highest BCUT2D eigenvalue weighted by molar-refractivity contribution is 5.79. The first-order chi connectivity index (χ1) is 14.5. The minimum Gasteiger partial charge on any atom is -0.355 e. The van der Waals surface area contributed by atoms with Crippen LogP contribution in [-0.2, 0) is 4.79 Å². The van der Waals surface area contributed by atoms with Crippen LogP contribution in [-0.4, -0.2) is 70.9 Å². The van der Waals surface area contributed by atoms with E-state index in [1.807, 2.05) is 31.1 Å². The maximum atomic E-state index is 14.2. The Morgan fingerprint density at radius 3 is 2.67 bits per heavy atom. The van der Waals surface area contributed by atoms with Gasteiger partial charge in [-0.2, -0.15) is 4.52 Å². The fourth-order valence-electron chi connectivity index (χ4n) is 3.68. The lowest BCUT2D eigenvalue weighted by molar-refractivity contribution is -0.125. The van der Waals surface area contributed by atoms with Gasteiger partial charge in [0.05, 0.1) is 5.56 Å². The van der Waals surface area contributed by atoms with E-state index < -0.39 is 0 Å². The molecule has 2 aromatic heterocycles. The number of fused-ring (bicyclic) bond motifs is 1. The molecule has 1 fully saturated rings. The standard InChI is InChI=1S/C21H26FN7O/c1-27(2)14-11-23-21(30)15-9-12-28(13-10-15)19-8-7-18-24-25-20(29(18)26-19)16-5-3-4-6-17(16)22/h3-8,15H,9-14H2,1-2H3,(H,23,30). The average Bonchev–Trinajstić information content (AvgIpc) is 3.17. The number of anilines is 1. The molecule has 1 aromatic carbocycles. The van der Waals surface area contributed by atoms with Gasteiger partial charge >= 0.3 is 0 Å². The van der Waals surface area contributed by atoms with Crippen LogP contribution in [0.25, 0.3) is 17.0 Å². The van der Waals surface area contributed by atoms with Crippen LogP contribution in [0, 0.1) is 11.7 Å². The maximum absolute atomic E-state index is 14.2. The van der Waals surface area contributed by atoms with Crippen molar-refractivity contribution in [3.63, 3.8) is 0 Å². The van der Waals surface area contributed by atoms with Crippen molar-refractivity contribution in [1.82, 2.24) is 30.0 Å². The van der Waals surface area contributed by atoms with Gasteiger partial charge in [0.1, 0.15) is 11.6 Å². The number of carbonyl (C=O) groups is 1. The number of hydrogen-bond donors (Lipinski definition) is 1. The molecule has 158 valence electrons. The molecule has 1 N–H and O–H groups in total. The fraction of sp³-hybridized carbons (Fsp3) is 0.429. The molecule has 0 radical (unpaired) electrons. The third-order valence-electron chi connectivity index (χ3n) is 5.41. The van der Waals surface area contributed by atoms with Crippen LogP contribution in [0.3, 0.4) is 0 Å². The zero-order valence-corrected chi connectivity index (χ0v) is 17.3. The lowest BCUT2D eigenvalue weighted by atomic mass is 9.96. The second-order valence-corrected chi connectivity index (χ2v) is 7.82. The van der Waals surface area contributed by atoms with Crippen molar-refractivity contribution < 1.29 is 9.18 Å². The number of benzene rings is 1. The SMILES string of the molecule is CN(C)CCNC(=O)C1CCN(c2ccc3nnc(-c4ccccc4F)n3n2)CC1. The quantitative estimate of drug-likeness (QED) is 0.667. The van der Waals surface area contributed by atoms with Gasteiger partial charge in [-0.3, -0.25) is 4.79 Å². The number of piperidine rings is 1. The zero-order valence-electron chi connectivity index (χ0n) is 17.3. The summed E-state index contributed by atoms with van der Waals surface area (Å²) in [7, 11) is 3.98. The van der Waals surface area contributed by atoms with E-state index in [-0.39, 0.29) is 17.6 Å². The largest absolute Gasteiger partial charge is 0.355 e. The summed E-state index contributed by atoms with van der Waals surface area (Å²) >= 11 is 0. The Kier molecular flexibility index (Phi) is 5.89. The van der Waals surface area contributed by atoms with Crippen molar-refractivity contribution in [3.05, 3.63) is 42.2 Å². The van der Waals surface area contributed by atoms with Gasteiger partial charge < -0.3 is 15.1 Å². The molecule has 1 saturated heterocycles. The van der Waals surface area contributed by atoms with Crippen LogP contribution < -0.4 is 10.2 Å². The minimum absolute atomic E-state index is 0.0241. The van der Waals surface area contributed by atoms with E-state index >= 15 is 0 Å². The molecule has 30 heavy (non-hydrogen) atoms. The van der Waals surface area contributed by atoms with E-state index in [0.717, 1.165) is 38.3 Å². The molecule has 0 saturated carbocycles. The van der Waals surface area contributed by atoms with Crippen LogP contribution in [0.5, 0.6) is 0 Å². The topological polar surface area (TPSA) is 78.7 Å². The van der Waals surface area contributed by atoms with Gasteiger partial charge in [0.2, 0.25) is 5.91 Å². The van der Waals surface area contributed by atoms with E-state index in [1.54, 1.807) is 22.7 Å². The van der Waals surface area contributed by atoms with Crippen LogP contribution >= 0.6 is 0 Å². The smallest absolute Gasteiger partial charge is 0.223 e. The second kappa shape index (κ2) is 8.74. The predicted octanol–water partition coefficient (Wildman–Crippen LogP) is 1.82. The van der Waals surface area contributed by atoms with Crippen LogP contribution in [0.4, 0.5) is 10.2 Å². The Balaban J connectivity index is 1.45. The van der Waals surface area contributed by atoms with Gasteiger partial charge in [0.15, 0.2) is 11.5 Å². The van der Waals surface area contributed by atoms with Crippen LogP contribution in [0.2, 0.25) is 0 Å². The summed E-state index contributed by atoms with van der Waals surface area (Å²) in [5.74, 6) is 0.933. The summed E-state index contributed by atoms with van der Waals surface area (Å²) in [5, 5.41) is 15.9. The van der Waals surface area contributed by atoms with Crippen LogP contribution in [0.1, 0.15) is 12.8 Å². The number of aromatic nitrogens is 4. The molecule has 0 spiro atoms. The molecular formula is C21H26FN7O. The normalized spacial score (nSPS) is 15.1. The number of rotatable bonds is 6. The summed E-state index contributed by atoms with van der Waals surface area (Å²) in [6.45, 7) is 2.97. The number of nitrogens with zero attached hydrogens (tertiary/aromatic N) is 6. The molecule has 9 heteroatoms. The molecule has 1 amide bonds. The molecule has 1 aliphatic rings. The van der Waals surface area contributed by atoms with E-state index in [0.29, 0.717) is 23.6 Å². The number of nitrogens with one attached hydrogen (secondary N) is 1. The first kappa shape index (κ1) is 20.2. The first-order valence-corrected chi connectivity index (χ1v) is 10.2. The van der Waals surface area contributed by atoms with Gasteiger partial charge in [-0.05, 0) is 51.2 Å². The van der Waals surface area contributed by atoms with Gasteiger partial charge in [0, 0.05) is 32.1 Å². The molecule has 3 aromatic rings. The number of hydrogen-bond acceptors (Lipinski definition) is 6. The Hall–Kier alpha value is -3.07. The number of carbonyl (C=O) groups excluding carboxylic acids is 1. The highest BCUT2D eigenvalue weighted by atomic mass is 19.1. The minimum atomic E-state index is -0.361. The van der Waals surface area contributed by atoms with E-state index in [9.17, 15) is 9.18 Å². The Morgan fingerprint density at radius 2 is 1.93 bits per heavy atom. The first-order valence-electron chi connectivity index (χ1n) is 10.2. The van der Waals surface area contributed by atoms with Crippen molar-refractivity contribution in [3.8, 4) is 11.4 Å². The van der Waals surface area contributed by atoms with Crippen molar-refractivity contribution in [1.29, 1.82) is 0 Å². The van der Waals surface area contributed by atoms with Gasteiger partial charge in [-0.1, -0.05) is 12.1 Å². The molecule has 1 aliphatic heterocycles. The number of likely N-dealkylation sites (N-methyl/N-ethyl adjacent to an activating group) is 1. The van der Waals surface area contributed by atoms with Crippen molar-refractivity contribution in [2.75, 3.05) is 45.2 Å². The third kappa shape index (κ3) is 4.25. The van der Waals surface area contributed by atoms with Gasteiger partial charge in [-0.25, -0.2) is 4.39 Å². The highest BCUT2D eigenvalue weighted by Crippen LogP contribution is 2.25. The van der Waals surface area contributed by atoms with Crippen molar-refractivity contribution >= 4 is 17.4 Å². The highest BCUT2D eigenvalue weighted by Gasteiger charge is 2.26. The molecular weight excluding hydrogens is 385 g/mol. The molecule has 0 unspecified atom stereocenters. The zero-order chi connectivity index (χ0) is 21.1. The summed E-state index contributed by atoms with van der Waals surface area (Å²) in [6.07, 6.45) is 1.55. The Morgan fingerprint density at radius 1 is 1.17 bits per heavy atom.